The fourth-order valence-electron chi connectivity index (χ4n) is 3.39. The van der Waals surface area contributed by atoms with Crippen molar-refractivity contribution in [3.63, 3.8) is 0 Å². The molecule has 0 spiro atoms. The number of aromatic carboxylic acids is 2. The molecule has 0 bridgehead atoms. The Bertz CT molecular complexity index is 1040. The third-order valence-electron chi connectivity index (χ3n) is 4.83. The van der Waals surface area contributed by atoms with E-state index in [0.717, 1.165) is 24.2 Å². The van der Waals surface area contributed by atoms with Crippen molar-refractivity contribution in [3.05, 3.63) is 63.9 Å². The van der Waals surface area contributed by atoms with Crippen molar-refractivity contribution >= 4 is 34.6 Å². The minimum atomic E-state index is -1.07. The second-order valence-corrected chi connectivity index (χ2v) is 7.17. The van der Waals surface area contributed by atoms with Crippen LogP contribution in [0.3, 0.4) is 0 Å². The molecule has 0 radical (unpaired) electrons. The van der Waals surface area contributed by atoms with Crippen LogP contribution < -0.4 is 0 Å². The number of halogens is 1. The number of aryl methyl sites for hydroxylation is 1. The van der Waals surface area contributed by atoms with Crippen molar-refractivity contribution in [2.75, 3.05) is 0 Å². The molecule has 1 atom stereocenters. The second-order valence-electron chi connectivity index (χ2n) is 6.73. The molecule has 3 rings (SSSR count). The number of carbonyl (C=O) groups is 2. The van der Waals surface area contributed by atoms with E-state index in [-0.39, 0.29) is 17.2 Å². The minimum absolute atomic E-state index is 0.103. The van der Waals surface area contributed by atoms with E-state index in [4.69, 9.17) is 16.7 Å². The maximum atomic E-state index is 11.9. The number of aromatic nitrogens is 2. The van der Waals surface area contributed by atoms with Gasteiger partial charge in [0.1, 0.15) is 5.82 Å². The summed E-state index contributed by atoms with van der Waals surface area (Å²) in [6.07, 6.45) is 2.61. The molecule has 0 aliphatic rings. The predicted octanol–water partition coefficient (Wildman–Crippen LogP) is 5.04. The van der Waals surface area contributed by atoms with Gasteiger partial charge in [-0.1, -0.05) is 37.1 Å². The lowest BCUT2D eigenvalue weighted by Crippen LogP contribution is -2.13. The summed E-state index contributed by atoms with van der Waals surface area (Å²) < 4.78 is 1.93. The van der Waals surface area contributed by atoms with E-state index in [1.807, 2.05) is 11.5 Å². The molecule has 0 fully saturated rings. The van der Waals surface area contributed by atoms with Gasteiger partial charge in [-0.3, -0.25) is 0 Å². The number of benzene rings is 2. The van der Waals surface area contributed by atoms with Crippen LogP contribution in [0, 0.1) is 0 Å². The average Bonchev–Trinajstić information content (AvgIpc) is 3.02. The van der Waals surface area contributed by atoms with Crippen LogP contribution in [-0.2, 0) is 6.42 Å². The van der Waals surface area contributed by atoms with Crippen LogP contribution >= 0.6 is 11.6 Å². The van der Waals surface area contributed by atoms with E-state index in [1.165, 1.54) is 6.07 Å². The number of imidazole rings is 1. The lowest BCUT2D eigenvalue weighted by molar-refractivity contribution is 0.0686. The van der Waals surface area contributed by atoms with Gasteiger partial charge in [0.15, 0.2) is 0 Å². The van der Waals surface area contributed by atoms with Gasteiger partial charge in [0, 0.05) is 11.4 Å². The van der Waals surface area contributed by atoms with E-state index in [0.29, 0.717) is 22.5 Å². The quantitative estimate of drug-likeness (QED) is 0.579. The zero-order valence-electron chi connectivity index (χ0n) is 15.6. The summed E-state index contributed by atoms with van der Waals surface area (Å²) in [5.74, 6) is -1.26. The maximum Gasteiger partial charge on any atom is 0.337 e. The summed E-state index contributed by atoms with van der Waals surface area (Å²) in [5, 5.41) is 19.1. The van der Waals surface area contributed by atoms with Crippen LogP contribution in [0.5, 0.6) is 0 Å². The van der Waals surface area contributed by atoms with E-state index in [1.54, 1.807) is 30.3 Å². The Morgan fingerprint density at radius 1 is 1.14 bits per heavy atom. The molecule has 0 amide bonds. The van der Waals surface area contributed by atoms with Crippen LogP contribution in [0.1, 0.15) is 64.8 Å². The molecule has 0 aliphatic carbocycles. The maximum absolute atomic E-state index is 11.9. The molecule has 146 valence electrons. The molecular formula is C21H21ClN2O4. The Labute approximate surface area is 167 Å². The summed E-state index contributed by atoms with van der Waals surface area (Å²) in [6, 6.07) is 9.49. The molecular weight excluding hydrogens is 380 g/mol. The topological polar surface area (TPSA) is 92.4 Å². The summed E-state index contributed by atoms with van der Waals surface area (Å²) >= 11 is 6.11. The van der Waals surface area contributed by atoms with Gasteiger partial charge in [0.2, 0.25) is 0 Å². The van der Waals surface area contributed by atoms with Crippen molar-refractivity contribution in [1.82, 2.24) is 9.55 Å². The summed E-state index contributed by atoms with van der Waals surface area (Å²) in [6.45, 7) is 4.03. The SMILES string of the molecule is CCCCc1nc2cc(Cl)cc(C(=O)O)c2n1C(C)c1ccc(C(=O)O)cc1. The van der Waals surface area contributed by atoms with Crippen LogP contribution in [0.2, 0.25) is 5.02 Å². The largest absolute Gasteiger partial charge is 0.478 e. The minimum Gasteiger partial charge on any atom is -0.478 e. The molecule has 0 saturated heterocycles. The average molecular weight is 401 g/mol. The van der Waals surface area contributed by atoms with Crippen LogP contribution in [0.4, 0.5) is 0 Å². The zero-order chi connectivity index (χ0) is 20.4. The molecule has 1 unspecified atom stereocenters. The highest BCUT2D eigenvalue weighted by atomic mass is 35.5. The first kappa shape index (κ1) is 19.9. The number of rotatable bonds is 7. The lowest BCUT2D eigenvalue weighted by Gasteiger charge is -2.19. The van der Waals surface area contributed by atoms with Gasteiger partial charge in [-0.15, -0.1) is 0 Å². The van der Waals surface area contributed by atoms with Crippen molar-refractivity contribution in [2.45, 2.75) is 39.2 Å². The molecule has 2 N–H and O–H groups in total. The molecule has 3 aromatic rings. The molecule has 0 aliphatic heterocycles. The van der Waals surface area contributed by atoms with Crippen LogP contribution in [0.25, 0.3) is 11.0 Å². The summed E-state index contributed by atoms with van der Waals surface area (Å²) in [4.78, 5) is 27.6. The van der Waals surface area contributed by atoms with Gasteiger partial charge < -0.3 is 14.8 Å². The summed E-state index contributed by atoms with van der Waals surface area (Å²) in [7, 11) is 0. The Morgan fingerprint density at radius 3 is 2.39 bits per heavy atom. The highest BCUT2D eigenvalue weighted by Gasteiger charge is 2.23. The third kappa shape index (κ3) is 3.73. The monoisotopic (exact) mass is 400 g/mol. The Balaban J connectivity index is 2.21. The van der Waals surface area contributed by atoms with Crippen molar-refractivity contribution in [1.29, 1.82) is 0 Å². The van der Waals surface area contributed by atoms with E-state index in [2.05, 4.69) is 11.9 Å². The second kappa shape index (κ2) is 8.02. The number of nitrogens with zero attached hydrogens (tertiary/aromatic N) is 2. The first-order valence-corrected chi connectivity index (χ1v) is 9.48. The Morgan fingerprint density at radius 2 is 1.82 bits per heavy atom. The summed E-state index contributed by atoms with van der Waals surface area (Å²) in [5.41, 5.74) is 2.25. The molecule has 2 aromatic carbocycles. The number of carboxylic acids is 2. The number of hydrogen-bond donors (Lipinski definition) is 2. The van der Waals surface area contributed by atoms with Gasteiger partial charge in [0.05, 0.1) is 28.2 Å². The number of unbranched alkanes of at least 4 members (excludes halogenated alkanes) is 1. The molecule has 7 heteroatoms. The van der Waals surface area contributed by atoms with Gasteiger partial charge >= 0.3 is 11.9 Å². The highest BCUT2D eigenvalue weighted by molar-refractivity contribution is 6.31. The number of fused-ring (bicyclic) bond motifs is 1. The normalized spacial score (nSPS) is 12.2. The van der Waals surface area contributed by atoms with E-state index >= 15 is 0 Å². The molecule has 6 nitrogen and oxygen atoms in total. The van der Waals surface area contributed by atoms with Crippen molar-refractivity contribution < 1.29 is 19.8 Å². The fraction of sp³-hybridized carbons (Fsp3) is 0.286. The fourth-order valence-corrected chi connectivity index (χ4v) is 3.60. The van der Waals surface area contributed by atoms with Gasteiger partial charge in [-0.05, 0) is 43.2 Å². The smallest absolute Gasteiger partial charge is 0.337 e. The standard InChI is InChI=1S/C21H21ClN2O4/c1-3-4-5-18-23-17-11-15(22)10-16(21(27)28)19(17)24(18)12(2)13-6-8-14(9-7-13)20(25)26/h6-12H,3-5H2,1-2H3,(H,25,26)(H,27,28). The molecule has 1 aromatic heterocycles. The number of hydrogen-bond acceptors (Lipinski definition) is 3. The van der Waals surface area contributed by atoms with Crippen molar-refractivity contribution in [2.24, 2.45) is 0 Å². The van der Waals surface area contributed by atoms with Gasteiger partial charge in [-0.25, -0.2) is 14.6 Å². The first-order chi connectivity index (χ1) is 13.3. The van der Waals surface area contributed by atoms with E-state index < -0.39 is 11.9 Å². The predicted molar refractivity (Wildman–Crippen MR) is 108 cm³/mol. The Kier molecular flexibility index (Phi) is 5.70. The van der Waals surface area contributed by atoms with E-state index in [9.17, 15) is 14.7 Å². The van der Waals surface area contributed by atoms with Gasteiger partial charge in [-0.2, -0.15) is 0 Å². The molecule has 0 saturated carbocycles. The molecule has 28 heavy (non-hydrogen) atoms. The van der Waals surface area contributed by atoms with Crippen molar-refractivity contribution in [3.8, 4) is 0 Å². The Hall–Kier alpha value is -2.86. The molecule has 1 heterocycles. The zero-order valence-corrected chi connectivity index (χ0v) is 16.4. The highest BCUT2D eigenvalue weighted by Crippen LogP contribution is 2.31. The van der Waals surface area contributed by atoms with Crippen LogP contribution in [0.15, 0.2) is 36.4 Å². The first-order valence-electron chi connectivity index (χ1n) is 9.10. The van der Waals surface area contributed by atoms with Gasteiger partial charge in [0.25, 0.3) is 0 Å². The number of carboxylic acid groups (broad SMARTS) is 2. The third-order valence-corrected chi connectivity index (χ3v) is 5.05. The van der Waals surface area contributed by atoms with Crippen LogP contribution in [-0.4, -0.2) is 31.7 Å². The lowest BCUT2D eigenvalue weighted by atomic mass is 10.0.